The Kier molecular flexibility index (Phi) is 4.85. The molecule has 2 atom stereocenters. The number of methoxy groups -OCH3 is 1. The van der Waals surface area contributed by atoms with Gasteiger partial charge in [-0.3, -0.25) is 0 Å². The molecule has 2 unspecified atom stereocenters. The largest absolute Gasteiger partial charge is 0.385 e. The van der Waals surface area contributed by atoms with Gasteiger partial charge >= 0.3 is 0 Å². The lowest BCUT2D eigenvalue weighted by molar-refractivity contribution is 0.153. The summed E-state index contributed by atoms with van der Waals surface area (Å²) in [5.41, 5.74) is 3.41. The Bertz CT molecular complexity index is 390. The second kappa shape index (κ2) is 6.21. The summed E-state index contributed by atoms with van der Waals surface area (Å²) in [7, 11) is 1.79. The molecule has 0 bridgehead atoms. The lowest BCUT2D eigenvalue weighted by Crippen LogP contribution is -2.39. The van der Waals surface area contributed by atoms with Gasteiger partial charge in [-0.15, -0.1) is 0 Å². The van der Waals surface area contributed by atoms with E-state index in [-0.39, 0.29) is 0 Å². The molecule has 0 N–H and O–H groups in total. The summed E-state index contributed by atoms with van der Waals surface area (Å²) < 4.78 is 5.27. The fraction of sp³-hybridized carbons (Fsp3) is 0.625. The zero-order valence-electron chi connectivity index (χ0n) is 11.4. The summed E-state index contributed by atoms with van der Waals surface area (Å²) >= 11 is 3.79. The van der Waals surface area contributed by atoms with E-state index in [4.69, 9.17) is 4.74 Å². The van der Waals surface area contributed by atoms with Crippen LogP contribution >= 0.6 is 15.9 Å². The molecule has 0 saturated heterocycles. The Balaban J connectivity index is 2.32. The molecule has 0 fully saturated rings. The van der Waals surface area contributed by atoms with Crippen molar-refractivity contribution < 1.29 is 4.74 Å². The average Bonchev–Trinajstić information content (AvgIpc) is 2.44. The van der Waals surface area contributed by atoms with Crippen LogP contribution in [-0.2, 0) is 16.6 Å². The molecule has 0 heterocycles. The average molecular weight is 311 g/mol. The van der Waals surface area contributed by atoms with Gasteiger partial charge in [0.2, 0.25) is 0 Å². The molecular formula is C16H23BrO. The van der Waals surface area contributed by atoms with Crippen molar-refractivity contribution in [2.24, 2.45) is 5.92 Å². The molecule has 0 aliphatic heterocycles. The second-order valence-corrected chi connectivity index (χ2v) is 6.04. The van der Waals surface area contributed by atoms with Gasteiger partial charge in [-0.2, -0.15) is 0 Å². The molecule has 2 heteroatoms. The van der Waals surface area contributed by atoms with Gasteiger partial charge in [0.05, 0.1) is 0 Å². The molecule has 0 aromatic heterocycles. The van der Waals surface area contributed by atoms with Crippen LogP contribution in [0.1, 0.15) is 37.3 Å². The quantitative estimate of drug-likeness (QED) is 0.736. The fourth-order valence-corrected chi connectivity index (χ4v) is 4.44. The van der Waals surface area contributed by atoms with Crippen molar-refractivity contribution in [3.63, 3.8) is 0 Å². The first-order valence-corrected chi connectivity index (χ1v) is 8.00. The minimum Gasteiger partial charge on any atom is -0.385 e. The van der Waals surface area contributed by atoms with Crippen molar-refractivity contribution in [2.75, 3.05) is 19.0 Å². The second-order valence-electron chi connectivity index (χ2n) is 5.48. The topological polar surface area (TPSA) is 9.23 Å². The third-order valence-electron chi connectivity index (χ3n) is 4.56. The van der Waals surface area contributed by atoms with Gasteiger partial charge in [0.25, 0.3) is 0 Å². The number of hydrogen-bond acceptors (Lipinski definition) is 1. The van der Waals surface area contributed by atoms with E-state index in [0.717, 1.165) is 18.4 Å². The standard InChI is InChI=1S/C16H23BrO/c1-13(9-11-18-2)16(12-17)10-5-7-14-6-3-4-8-15(14)16/h3-4,6,8,13H,5,7,9-12H2,1-2H3. The normalized spacial score (nSPS) is 24.6. The smallest absolute Gasteiger partial charge is 0.0465 e. The highest BCUT2D eigenvalue weighted by molar-refractivity contribution is 9.09. The number of halogens is 1. The van der Waals surface area contributed by atoms with E-state index in [0.29, 0.717) is 11.3 Å². The number of rotatable bonds is 5. The van der Waals surface area contributed by atoms with Crippen molar-refractivity contribution in [1.82, 2.24) is 0 Å². The first-order chi connectivity index (χ1) is 8.74. The van der Waals surface area contributed by atoms with Gasteiger partial charge in [0.15, 0.2) is 0 Å². The summed E-state index contributed by atoms with van der Waals surface area (Å²) in [6.45, 7) is 3.24. The van der Waals surface area contributed by atoms with Crippen LogP contribution in [0.4, 0.5) is 0 Å². The van der Waals surface area contributed by atoms with Gasteiger partial charge in [-0.05, 0) is 42.7 Å². The third kappa shape index (κ3) is 2.50. The maximum absolute atomic E-state index is 5.27. The molecule has 1 nitrogen and oxygen atoms in total. The first kappa shape index (κ1) is 14.1. The van der Waals surface area contributed by atoms with Crippen molar-refractivity contribution in [1.29, 1.82) is 0 Å². The molecule has 1 aromatic carbocycles. The Labute approximate surface area is 119 Å². The van der Waals surface area contributed by atoms with Crippen LogP contribution in [0.2, 0.25) is 0 Å². The van der Waals surface area contributed by atoms with Crippen LogP contribution in [0.5, 0.6) is 0 Å². The Morgan fingerprint density at radius 2 is 2.17 bits per heavy atom. The van der Waals surface area contributed by atoms with Gasteiger partial charge in [0.1, 0.15) is 0 Å². The fourth-order valence-electron chi connectivity index (χ4n) is 3.31. The zero-order valence-corrected chi connectivity index (χ0v) is 13.0. The maximum Gasteiger partial charge on any atom is 0.0465 e. The van der Waals surface area contributed by atoms with Crippen molar-refractivity contribution in [2.45, 2.75) is 38.0 Å². The van der Waals surface area contributed by atoms with Crippen LogP contribution in [0.3, 0.4) is 0 Å². The number of ether oxygens (including phenoxy) is 1. The molecule has 18 heavy (non-hydrogen) atoms. The molecule has 1 aliphatic carbocycles. The molecular weight excluding hydrogens is 288 g/mol. The van der Waals surface area contributed by atoms with Crippen LogP contribution in [0, 0.1) is 5.92 Å². The zero-order chi connectivity index (χ0) is 13.0. The number of aryl methyl sites for hydroxylation is 1. The van der Waals surface area contributed by atoms with E-state index in [9.17, 15) is 0 Å². The summed E-state index contributed by atoms with van der Waals surface area (Å²) in [5.74, 6) is 0.651. The minimum absolute atomic E-state index is 0.299. The summed E-state index contributed by atoms with van der Waals surface area (Å²) in [4.78, 5) is 0. The highest BCUT2D eigenvalue weighted by atomic mass is 79.9. The molecule has 1 aliphatic rings. The molecule has 1 aromatic rings. The third-order valence-corrected chi connectivity index (χ3v) is 5.56. The lowest BCUT2D eigenvalue weighted by Gasteiger charge is -2.43. The van der Waals surface area contributed by atoms with E-state index < -0.39 is 0 Å². The van der Waals surface area contributed by atoms with Crippen LogP contribution in [0.15, 0.2) is 24.3 Å². The van der Waals surface area contributed by atoms with Gasteiger partial charge in [-0.1, -0.05) is 47.1 Å². The maximum atomic E-state index is 5.27. The van der Waals surface area contributed by atoms with Gasteiger partial charge in [-0.25, -0.2) is 0 Å². The van der Waals surface area contributed by atoms with E-state index in [1.165, 1.54) is 19.3 Å². The van der Waals surface area contributed by atoms with Gasteiger partial charge in [0, 0.05) is 24.5 Å². The van der Waals surface area contributed by atoms with E-state index in [1.807, 2.05) is 0 Å². The monoisotopic (exact) mass is 310 g/mol. The van der Waals surface area contributed by atoms with Crippen LogP contribution in [-0.4, -0.2) is 19.0 Å². The number of alkyl halides is 1. The van der Waals surface area contributed by atoms with E-state index in [2.05, 4.69) is 47.1 Å². The molecule has 0 amide bonds. The lowest BCUT2D eigenvalue weighted by atomic mass is 9.64. The summed E-state index contributed by atoms with van der Waals surface area (Å²) in [6.07, 6.45) is 4.97. The predicted molar refractivity (Wildman–Crippen MR) is 80.5 cm³/mol. The molecule has 0 saturated carbocycles. The molecule has 0 radical (unpaired) electrons. The Morgan fingerprint density at radius 1 is 1.39 bits per heavy atom. The number of fused-ring (bicyclic) bond motifs is 1. The highest BCUT2D eigenvalue weighted by Gasteiger charge is 2.39. The summed E-state index contributed by atoms with van der Waals surface area (Å²) in [5, 5.41) is 1.06. The highest BCUT2D eigenvalue weighted by Crippen LogP contribution is 2.45. The molecule has 100 valence electrons. The van der Waals surface area contributed by atoms with Crippen molar-refractivity contribution in [3.05, 3.63) is 35.4 Å². The number of benzene rings is 1. The van der Waals surface area contributed by atoms with Crippen molar-refractivity contribution >= 4 is 15.9 Å². The van der Waals surface area contributed by atoms with E-state index >= 15 is 0 Å². The van der Waals surface area contributed by atoms with Crippen molar-refractivity contribution in [3.8, 4) is 0 Å². The Morgan fingerprint density at radius 3 is 2.89 bits per heavy atom. The van der Waals surface area contributed by atoms with Gasteiger partial charge < -0.3 is 4.74 Å². The summed E-state index contributed by atoms with van der Waals surface area (Å²) in [6, 6.07) is 8.99. The van der Waals surface area contributed by atoms with Crippen LogP contribution in [0.25, 0.3) is 0 Å². The first-order valence-electron chi connectivity index (χ1n) is 6.88. The SMILES string of the molecule is COCCC(C)C1(CBr)CCCc2ccccc21. The minimum atomic E-state index is 0.299. The van der Waals surface area contributed by atoms with Crippen LogP contribution < -0.4 is 0 Å². The molecule has 0 spiro atoms. The Hall–Kier alpha value is -0.340. The predicted octanol–water partition coefficient (Wildman–Crippen LogP) is 4.33. The molecule has 2 rings (SSSR count). The van der Waals surface area contributed by atoms with E-state index in [1.54, 1.807) is 18.2 Å². The number of hydrogen-bond donors (Lipinski definition) is 0.